The average molecular weight is 801 g/mol. The number of alkyl halides is 2. The van der Waals surface area contributed by atoms with Gasteiger partial charge in [-0.25, -0.2) is 21.9 Å². The molecule has 1 N–H and O–H groups in total. The van der Waals surface area contributed by atoms with Gasteiger partial charge in [0.2, 0.25) is 10.0 Å². The van der Waals surface area contributed by atoms with Crippen LogP contribution >= 0.6 is 11.6 Å². The molecule has 9 nitrogen and oxygen atoms in total. The number of amides is 1. The predicted octanol–water partition coefficient (Wildman–Crippen LogP) is 6.68. The SMILES string of the molecule is CO[C@]1(CN2CCN3CCC(F)(F)C[C@@H]3C2)/C=C/CC(C)[C@@H](C)S(=O)(=O)NC(=O)c2ccc3c(c2)N(C[C@@H]2CC[C@H]21)C[C@@]1(CCCc2cc(Cl)ccc21)CO3. The fourth-order valence-electron chi connectivity index (χ4n) is 10.5. The maximum Gasteiger partial charge on any atom is 0.264 e. The molecule has 1 saturated carbocycles. The lowest BCUT2D eigenvalue weighted by atomic mass is 9.63. The van der Waals surface area contributed by atoms with Crippen LogP contribution in [-0.2, 0) is 26.6 Å². The van der Waals surface area contributed by atoms with E-state index in [0.717, 1.165) is 50.9 Å². The highest BCUT2D eigenvalue weighted by Gasteiger charge is 2.51. The summed E-state index contributed by atoms with van der Waals surface area (Å²) in [6.07, 6.45) is 9.25. The number of benzene rings is 2. The molecule has 2 aromatic carbocycles. The van der Waals surface area contributed by atoms with Gasteiger partial charge in [-0.15, -0.1) is 0 Å². The molecule has 13 heteroatoms. The number of piperazine rings is 1. The number of halogens is 3. The van der Waals surface area contributed by atoms with Crippen molar-refractivity contribution in [1.82, 2.24) is 14.5 Å². The number of carbonyl (C=O) groups is 1. The molecule has 300 valence electrons. The number of ether oxygens (including phenoxy) is 2. The van der Waals surface area contributed by atoms with Crippen LogP contribution in [0.4, 0.5) is 14.5 Å². The molecule has 1 unspecified atom stereocenters. The summed E-state index contributed by atoms with van der Waals surface area (Å²) in [6.45, 7) is 8.40. The van der Waals surface area contributed by atoms with E-state index in [4.69, 9.17) is 21.1 Å². The smallest absolute Gasteiger partial charge is 0.264 e. The zero-order valence-corrected chi connectivity index (χ0v) is 33.8. The number of allylic oxidation sites excluding steroid dienone is 1. The zero-order valence-electron chi connectivity index (χ0n) is 32.2. The van der Waals surface area contributed by atoms with E-state index >= 15 is 0 Å². The third-order valence-electron chi connectivity index (χ3n) is 14.1. The molecule has 4 aliphatic heterocycles. The fraction of sp³-hybridized carbons (Fsp3) is 0.643. The van der Waals surface area contributed by atoms with Crippen molar-refractivity contribution >= 4 is 33.2 Å². The summed E-state index contributed by atoms with van der Waals surface area (Å²) in [5.74, 6) is -2.59. The van der Waals surface area contributed by atoms with Crippen molar-refractivity contribution in [3.63, 3.8) is 0 Å². The Hall–Kier alpha value is -2.77. The Morgan fingerprint density at radius 2 is 1.89 bits per heavy atom. The molecule has 8 rings (SSSR count). The molecule has 1 amide bonds. The van der Waals surface area contributed by atoms with E-state index < -0.39 is 32.7 Å². The number of fused-ring (bicyclic) bond motifs is 5. The van der Waals surface area contributed by atoms with E-state index in [2.05, 4.69) is 37.6 Å². The van der Waals surface area contributed by atoms with Gasteiger partial charge in [0.25, 0.3) is 11.8 Å². The number of anilines is 1. The molecular formula is C42H55ClF2N4O5S. The van der Waals surface area contributed by atoms with E-state index in [1.807, 2.05) is 19.1 Å². The number of methoxy groups -OCH3 is 1. The molecule has 0 aromatic heterocycles. The van der Waals surface area contributed by atoms with Gasteiger partial charge >= 0.3 is 0 Å². The normalized spacial score (nSPS) is 35.6. The second kappa shape index (κ2) is 14.9. The number of nitrogens with one attached hydrogen (secondary N) is 1. The second-order valence-corrected chi connectivity index (χ2v) is 19.9. The van der Waals surface area contributed by atoms with Crippen LogP contribution in [0.25, 0.3) is 0 Å². The van der Waals surface area contributed by atoms with Crippen molar-refractivity contribution < 1.29 is 31.5 Å². The van der Waals surface area contributed by atoms with Crippen LogP contribution in [0.5, 0.6) is 5.75 Å². The average Bonchev–Trinajstić information content (AvgIpc) is 3.28. The van der Waals surface area contributed by atoms with E-state index in [0.29, 0.717) is 56.5 Å². The standard InChI is InChI=1S/C42H55ClF2N4O5S/c1-28-6-4-15-41(53-3,26-47-18-19-48-17-16-42(44,45)22-34(48)24-47)36-11-8-32(36)23-49-25-40(14-5-7-30-20-33(43)10-12-35(30)40)27-54-38-13-9-31(21-37(38)49)39(50)46-55(51,52)29(28)2/h4,9-10,12-13,15,20-21,28-29,32,34,36H,5-8,11,14,16-19,22-27H2,1-3H3,(H,46,50)/b15-4+/t28?,29-,32+,34-,36-,40+,41+/m1/s1. The van der Waals surface area contributed by atoms with E-state index in [-0.39, 0.29) is 47.6 Å². The molecule has 1 spiro atoms. The number of hydrogen-bond donors (Lipinski definition) is 1. The topological polar surface area (TPSA) is 91.4 Å². The summed E-state index contributed by atoms with van der Waals surface area (Å²) < 4.78 is 72.2. The number of aryl methyl sites for hydroxylation is 1. The van der Waals surface area contributed by atoms with Gasteiger partial charge in [-0.1, -0.05) is 36.7 Å². The maximum atomic E-state index is 14.6. The summed E-state index contributed by atoms with van der Waals surface area (Å²) in [6, 6.07) is 11.2. The van der Waals surface area contributed by atoms with Crippen molar-refractivity contribution in [1.29, 1.82) is 0 Å². The Morgan fingerprint density at radius 1 is 1.05 bits per heavy atom. The Morgan fingerprint density at radius 3 is 2.67 bits per heavy atom. The van der Waals surface area contributed by atoms with Gasteiger partial charge < -0.3 is 14.4 Å². The van der Waals surface area contributed by atoms with Crippen molar-refractivity contribution in [2.24, 2.45) is 17.8 Å². The molecular weight excluding hydrogens is 746 g/mol. The molecule has 2 aliphatic carbocycles. The molecule has 2 bridgehead atoms. The van der Waals surface area contributed by atoms with Crippen LogP contribution in [0, 0.1) is 17.8 Å². The van der Waals surface area contributed by atoms with Crippen LogP contribution < -0.4 is 14.4 Å². The minimum Gasteiger partial charge on any atom is -0.490 e. The summed E-state index contributed by atoms with van der Waals surface area (Å²) in [7, 11) is -2.26. The van der Waals surface area contributed by atoms with Gasteiger partial charge in [0.1, 0.15) is 11.4 Å². The quantitative estimate of drug-likeness (QED) is 0.344. The van der Waals surface area contributed by atoms with E-state index in [9.17, 15) is 22.0 Å². The minimum absolute atomic E-state index is 0.0826. The first-order valence-electron chi connectivity index (χ1n) is 20.1. The van der Waals surface area contributed by atoms with Gasteiger partial charge in [0.05, 0.1) is 17.5 Å². The van der Waals surface area contributed by atoms with Crippen LogP contribution in [0.2, 0.25) is 5.02 Å². The Labute approximate surface area is 329 Å². The van der Waals surface area contributed by atoms with Crippen LogP contribution in [0.15, 0.2) is 48.6 Å². The monoisotopic (exact) mass is 800 g/mol. The van der Waals surface area contributed by atoms with Crippen LogP contribution in [0.3, 0.4) is 0 Å². The van der Waals surface area contributed by atoms with Gasteiger partial charge in [0.15, 0.2) is 0 Å². The van der Waals surface area contributed by atoms with Crippen LogP contribution in [-0.4, -0.2) is 106 Å². The molecule has 55 heavy (non-hydrogen) atoms. The molecule has 2 aromatic rings. The molecule has 3 fully saturated rings. The zero-order chi connectivity index (χ0) is 38.8. The lowest BCUT2D eigenvalue weighted by molar-refractivity contribution is -0.119. The molecule has 0 radical (unpaired) electrons. The first-order valence-corrected chi connectivity index (χ1v) is 22.1. The van der Waals surface area contributed by atoms with Crippen molar-refractivity contribution in [3.05, 3.63) is 70.3 Å². The summed E-state index contributed by atoms with van der Waals surface area (Å²) in [5, 5.41) is -0.128. The first kappa shape index (κ1) is 39.1. The summed E-state index contributed by atoms with van der Waals surface area (Å²) in [4.78, 5) is 20.6. The van der Waals surface area contributed by atoms with Gasteiger partial charge in [0, 0.05) is 87.8 Å². The fourth-order valence-corrected chi connectivity index (χ4v) is 12.0. The van der Waals surface area contributed by atoms with E-state index in [1.54, 1.807) is 32.2 Å². The molecule has 7 atom stereocenters. The Bertz CT molecular complexity index is 1930. The summed E-state index contributed by atoms with van der Waals surface area (Å²) >= 11 is 6.49. The number of sulfonamides is 1. The van der Waals surface area contributed by atoms with Gasteiger partial charge in [-0.3, -0.25) is 14.6 Å². The Kier molecular flexibility index (Phi) is 10.6. The number of piperidine rings is 1. The molecule has 4 heterocycles. The first-order chi connectivity index (χ1) is 26.2. The van der Waals surface area contributed by atoms with Crippen molar-refractivity contribution in [2.45, 2.75) is 93.4 Å². The van der Waals surface area contributed by atoms with Crippen molar-refractivity contribution in [3.8, 4) is 5.75 Å². The van der Waals surface area contributed by atoms with Crippen LogP contribution in [0.1, 0.15) is 80.3 Å². The van der Waals surface area contributed by atoms with Crippen molar-refractivity contribution in [2.75, 3.05) is 64.4 Å². The highest BCUT2D eigenvalue weighted by Crippen LogP contribution is 2.49. The maximum absolute atomic E-state index is 14.6. The lowest BCUT2D eigenvalue weighted by Crippen LogP contribution is -2.62. The number of rotatable bonds is 3. The minimum atomic E-state index is -4.02. The summed E-state index contributed by atoms with van der Waals surface area (Å²) in [5.41, 5.74) is 2.47. The number of carbonyl (C=O) groups excluding carboxylic acids is 1. The van der Waals surface area contributed by atoms with Gasteiger partial charge in [-0.05, 0) is 105 Å². The lowest BCUT2D eigenvalue weighted by Gasteiger charge is -2.53. The number of nitrogens with zero attached hydrogens (tertiary/aromatic N) is 3. The third kappa shape index (κ3) is 7.55. The highest BCUT2D eigenvalue weighted by molar-refractivity contribution is 7.90. The molecule has 6 aliphatic rings. The predicted molar refractivity (Wildman–Crippen MR) is 211 cm³/mol. The van der Waals surface area contributed by atoms with Gasteiger partial charge in [-0.2, -0.15) is 0 Å². The highest BCUT2D eigenvalue weighted by atomic mass is 35.5. The molecule has 2 saturated heterocycles. The van der Waals surface area contributed by atoms with E-state index in [1.165, 1.54) is 11.1 Å². The second-order valence-electron chi connectivity index (χ2n) is 17.4. The number of hydrogen-bond acceptors (Lipinski definition) is 8. The largest absolute Gasteiger partial charge is 0.490 e. The third-order valence-corrected chi connectivity index (χ3v) is 16.2. The Balaban J connectivity index is 1.18.